The van der Waals surface area contributed by atoms with Crippen molar-refractivity contribution in [1.82, 2.24) is 10.1 Å². The standard InChI is InChI=1S/C22H23BrN2O6/c1-4-28-18-10-15(17(23)12-19(18)29-5-2)11-21(26)30-13-20-24-22(25-31-20)14-7-6-8-16(9-14)27-3/h6-10,12H,4-5,11,13H2,1-3H3. The number of halogens is 1. The number of esters is 1. The monoisotopic (exact) mass is 490 g/mol. The minimum Gasteiger partial charge on any atom is -0.497 e. The normalized spacial score (nSPS) is 10.6. The van der Waals surface area contributed by atoms with E-state index in [-0.39, 0.29) is 18.9 Å². The van der Waals surface area contributed by atoms with Crippen LogP contribution in [0, 0.1) is 0 Å². The fourth-order valence-corrected chi connectivity index (χ4v) is 3.25. The molecule has 31 heavy (non-hydrogen) atoms. The fourth-order valence-electron chi connectivity index (χ4n) is 2.79. The van der Waals surface area contributed by atoms with Gasteiger partial charge in [0.25, 0.3) is 5.89 Å². The number of rotatable bonds is 10. The molecule has 2 aromatic carbocycles. The van der Waals surface area contributed by atoms with E-state index in [1.54, 1.807) is 25.3 Å². The molecule has 8 nitrogen and oxygen atoms in total. The summed E-state index contributed by atoms with van der Waals surface area (Å²) >= 11 is 3.47. The van der Waals surface area contributed by atoms with E-state index >= 15 is 0 Å². The molecule has 0 fully saturated rings. The van der Waals surface area contributed by atoms with Gasteiger partial charge < -0.3 is 23.5 Å². The molecule has 0 amide bonds. The second kappa shape index (κ2) is 10.8. The average molecular weight is 491 g/mol. The maximum absolute atomic E-state index is 12.4. The topological polar surface area (TPSA) is 92.9 Å². The molecular formula is C22H23BrN2O6. The van der Waals surface area contributed by atoms with Crippen LogP contribution in [0.4, 0.5) is 0 Å². The minimum atomic E-state index is -0.437. The number of carbonyl (C=O) groups excluding carboxylic acids is 1. The molecular weight excluding hydrogens is 468 g/mol. The van der Waals surface area contributed by atoms with Crippen LogP contribution in [0.5, 0.6) is 17.2 Å². The number of carbonyl (C=O) groups is 1. The quantitative estimate of drug-likeness (QED) is 0.381. The highest BCUT2D eigenvalue weighted by atomic mass is 79.9. The van der Waals surface area contributed by atoms with E-state index in [1.165, 1.54) is 0 Å². The summed E-state index contributed by atoms with van der Waals surface area (Å²) in [5.74, 6) is 2.03. The summed E-state index contributed by atoms with van der Waals surface area (Å²) in [5.41, 5.74) is 1.46. The molecule has 0 spiro atoms. The van der Waals surface area contributed by atoms with E-state index in [0.29, 0.717) is 36.3 Å². The summed E-state index contributed by atoms with van der Waals surface area (Å²) in [6.45, 7) is 4.65. The number of nitrogens with zero attached hydrogens (tertiary/aromatic N) is 2. The van der Waals surface area contributed by atoms with E-state index in [4.69, 9.17) is 23.5 Å². The highest BCUT2D eigenvalue weighted by Gasteiger charge is 2.16. The minimum absolute atomic E-state index is 0.0456. The van der Waals surface area contributed by atoms with Gasteiger partial charge in [-0.2, -0.15) is 4.98 Å². The smallest absolute Gasteiger partial charge is 0.310 e. The Morgan fingerprint density at radius 2 is 1.84 bits per heavy atom. The van der Waals surface area contributed by atoms with E-state index in [9.17, 15) is 4.79 Å². The summed E-state index contributed by atoms with van der Waals surface area (Å²) in [6, 6.07) is 10.8. The summed E-state index contributed by atoms with van der Waals surface area (Å²) in [5, 5.41) is 3.93. The predicted octanol–water partition coefficient (Wildman–Crippen LogP) is 4.59. The largest absolute Gasteiger partial charge is 0.497 e. The van der Waals surface area contributed by atoms with Gasteiger partial charge in [0.2, 0.25) is 5.82 Å². The van der Waals surface area contributed by atoms with Gasteiger partial charge in [0.05, 0.1) is 26.7 Å². The molecule has 9 heteroatoms. The van der Waals surface area contributed by atoms with Crippen LogP contribution in [-0.2, 0) is 22.6 Å². The molecule has 0 aliphatic heterocycles. The van der Waals surface area contributed by atoms with Crippen molar-refractivity contribution in [2.24, 2.45) is 0 Å². The number of benzene rings is 2. The van der Waals surface area contributed by atoms with Gasteiger partial charge in [-0.1, -0.05) is 33.2 Å². The first-order chi connectivity index (χ1) is 15.0. The maximum atomic E-state index is 12.4. The molecule has 0 saturated heterocycles. The van der Waals surface area contributed by atoms with Crippen molar-refractivity contribution in [1.29, 1.82) is 0 Å². The second-order valence-corrected chi connectivity index (χ2v) is 7.19. The van der Waals surface area contributed by atoms with Gasteiger partial charge in [-0.25, -0.2) is 0 Å². The van der Waals surface area contributed by atoms with Crippen LogP contribution in [0.1, 0.15) is 25.3 Å². The third kappa shape index (κ3) is 5.97. The summed E-state index contributed by atoms with van der Waals surface area (Å²) in [7, 11) is 1.58. The highest BCUT2D eigenvalue weighted by Crippen LogP contribution is 2.34. The Bertz CT molecular complexity index is 1040. The Balaban J connectivity index is 1.63. The number of methoxy groups -OCH3 is 1. The third-order valence-electron chi connectivity index (χ3n) is 4.20. The van der Waals surface area contributed by atoms with Crippen molar-refractivity contribution in [2.75, 3.05) is 20.3 Å². The first kappa shape index (κ1) is 22.6. The van der Waals surface area contributed by atoms with Crippen molar-refractivity contribution in [2.45, 2.75) is 26.9 Å². The zero-order valence-corrected chi connectivity index (χ0v) is 19.1. The number of aromatic nitrogens is 2. The molecule has 3 rings (SSSR count). The molecule has 0 radical (unpaired) electrons. The van der Waals surface area contributed by atoms with Gasteiger partial charge in [-0.15, -0.1) is 0 Å². The molecule has 0 bridgehead atoms. The van der Waals surface area contributed by atoms with E-state index in [1.807, 2.05) is 32.0 Å². The SMILES string of the molecule is CCOc1cc(Br)c(CC(=O)OCc2nc(-c3cccc(OC)c3)no2)cc1OCC. The number of hydrogen-bond donors (Lipinski definition) is 0. The van der Waals surface area contributed by atoms with Crippen molar-refractivity contribution >= 4 is 21.9 Å². The van der Waals surface area contributed by atoms with Gasteiger partial charge in [0.1, 0.15) is 5.75 Å². The van der Waals surface area contributed by atoms with Crippen LogP contribution in [0.25, 0.3) is 11.4 Å². The molecule has 1 heterocycles. The third-order valence-corrected chi connectivity index (χ3v) is 4.94. The first-order valence-electron chi connectivity index (χ1n) is 9.74. The molecule has 0 unspecified atom stereocenters. The van der Waals surface area contributed by atoms with E-state index in [0.717, 1.165) is 15.6 Å². The lowest BCUT2D eigenvalue weighted by molar-refractivity contribution is -0.144. The van der Waals surface area contributed by atoms with Crippen molar-refractivity contribution in [3.63, 3.8) is 0 Å². The molecule has 164 valence electrons. The van der Waals surface area contributed by atoms with Gasteiger partial charge in [-0.3, -0.25) is 4.79 Å². The van der Waals surface area contributed by atoms with Crippen LogP contribution < -0.4 is 14.2 Å². The molecule has 0 saturated carbocycles. The molecule has 1 aromatic heterocycles. The van der Waals surface area contributed by atoms with Crippen molar-refractivity contribution in [3.05, 3.63) is 52.3 Å². The Labute approximate surface area is 188 Å². The Kier molecular flexibility index (Phi) is 7.88. The predicted molar refractivity (Wildman–Crippen MR) is 116 cm³/mol. The molecule has 0 aliphatic carbocycles. The van der Waals surface area contributed by atoms with Crippen LogP contribution in [0.2, 0.25) is 0 Å². The molecule has 3 aromatic rings. The van der Waals surface area contributed by atoms with Crippen LogP contribution in [-0.4, -0.2) is 36.4 Å². The zero-order chi connectivity index (χ0) is 22.2. The number of hydrogen-bond acceptors (Lipinski definition) is 8. The van der Waals surface area contributed by atoms with Gasteiger partial charge in [0, 0.05) is 10.0 Å². The second-order valence-electron chi connectivity index (χ2n) is 6.34. The van der Waals surface area contributed by atoms with Crippen molar-refractivity contribution in [3.8, 4) is 28.6 Å². The molecule has 0 atom stereocenters. The van der Waals surface area contributed by atoms with Crippen LogP contribution in [0.15, 0.2) is 45.4 Å². The number of ether oxygens (including phenoxy) is 4. The molecule has 0 aliphatic rings. The van der Waals surface area contributed by atoms with Gasteiger partial charge in [0.15, 0.2) is 18.1 Å². The maximum Gasteiger partial charge on any atom is 0.310 e. The lowest BCUT2D eigenvalue weighted by Crippen LogP contribution is -2.09. The van der Waals surface area contributed by atoms with Gasteiger partial charge in [-0.05, 0) is 43.7 Å². The molecule has 0 N–H and O–H groups in total. The van der Waals surface area contributed by atoms with Crippen LogP contribution >= 0.6 is 15.9 Å². The fraction of sp³-hybridized carbons (Fsp3) is 0.318. The van der Waals surface area contributed by atoms with E-state index < -0.39 is 5.97 Å². The highest BCUT2D eigenvalue weighted by molar-refractivity contribution is 9.10. The van der Waals surface area contributed by atoms with Gasteiger partial charge >= 0.3 is 5.97 Å². The Hall–Kier alpha value is -3.07. The average Bonchev–Trinajstić information content (AvgIpc) is 3.25. The summed E-state index contributed by atoms with van der Waals surface area (Å²) < 4.78 is 27.6. The lowest BCUT2D eigenvalue weighted by atomic mass is 10.1. The Morgan fingerprint density at radius 1 is 1.10 bits per heavy atom. The summed E-state index contributed by atoms with van der Waals surface area (Å²) in [4.78, 5) is 16.6. The Morgan fingerprint density at radius 3 is 2.55 bits per heavy atom. The van der Waals surface area contributed by atoms with Crippen LogP contribution in [0.3, 0.4) is 0 Å². The summed E-state index contributed by atoms with van der Waals surface area (Å²) in [6.07, 6.45) is 0.0456. The first-order valence-corrected chi connectivity index (χ1v) is 10.5. The van der Waals surface area contributed by atoms with Crippen molar-refractivity contribution < 1.29 is 28.3 Å². The lowest BCUT2D eigenvalue weighted by Gasteiger charge is -2.14. The zero-order valence-electron chi connectivity index (χ0n) is 17.5. The van der Waals surface area contributed by atoms with E-state index in [2.05, 4.69) is 26.1 Å².